The number of hydrogen-bond acceptors (Lipinski definition) is 2. The largest absolute Gasteiger partial charge is 0.207 e. The molecule has 1 aliphatic rings. The van der Waals surface area contributed by atoms with Crippen molar-refractivity contribution in [1.29, 1.82) is 10.5 Å². The molecule has 0 atom stereocenters. The van der Waals surface area contributed by atoms with Crippen molar-refractivity contribution in [2.75, 3.05) is 0 Å². The van der Waals surface area contributed by atoms with Crippen LogP contribution in [0.4, 0.5) is 4.39 Å². The quantitative estimate of drug-likeness (QED) is 0.422. The van der Waals surface area contributed by atoms with Gasteiger partial charge in [0.05, 0.1) is 11.1 Å². The van der Waals surface area contributed by atoms with Crippen molar-refractivity contribution in [2.45, 2.75) is 77.0 Å². The number of halogens is 1. The van der Waals surface area contributed by atoms with Gasteiger partial charge in [-0.1, -0.05) is 69.7 Å². The topological polar surface area (TPSA) is 47.6 Å². The van der Waals surface area contributed by atoms with Crippen LogP contribution in [0.1, 0.15) is 93.7 Å². The molecule has 0 aliphatic heterocycles. The third-order valence-corrected chi connectivity index (χ3v) is 6.62. The molecule has 0 saturated heterocycles. The van der Waals surface area contributed by atoms with Crippen LogP contribution in [0.25, 0.3) is 11.1 Å². The molecule has 0 heterocycles. The van der Waals surface area contributed by atoms with Gasteiger partial charge in [0.1, 0.15) is 18.0 Å². The molecular weight excluding hydrogens is 371 g/mol. The van der Waals surface area contributed by atoms with Crippen LogP contribution in [-0.4, -0.2) is 0 Å². The van der Waals surface area contributed by atoms with Crippen LogP contribution < -0.4 is 0 Å². The number of hydrogen-bond donors (Lipinski definition) is 0. The minimum Gasteiger partial charge on any atom is -0.207 e. The summed E-state index contributed by atoms with van der Waals surface area (Å²) in [6.07, 6.45) is 12.6. The molecule has 0 amide bonds. The smallest absolute Gasteiger partial charge is 0.123 e. The standard InChI is InChI=1S/C27H31FN2/c1-2-3-4-5-6-7-20-8-10-21(11-9-20)24-16-17-25(27(19-30)26(24)18-29)22-12-14-23(28)15-13-22/h12-17,20-21H,2-11H2,1H3. The molecule has 2 nitrogen and oxygen atoms in total. The van der Waals surface area contributed by atoms with Gasteiger partial charge in [0.2, 0.25) is 0 Å². The van der Waals surface area contributed by atoms with Crippen LogP contribution >= 0.6 is 0 Å². The monoisotopic (exact) mass is 402 g/mol. The summed E-state index contributed by atoms with van der Waals surface area (Å²) in [4.78, 5) is 0. The highest BCUT2D eigenvalue weighted by Gasteiger charge is 2.26. The van der Waals surface area contributed by atoms with E-state index in [4.69, 9.17) is 0 Å². The van der Waals surface area contributed by atoms with Gasteiger partial charge in [-0.3, -0.25) is 0 Å². The Balaban J connectivity index is 1.71. The first kappa shape index (κ1) is 22.0. The van der Waals surface area contributed by atoms with Crippen molar-refractivity contribution in [3.63, 3.8) is 0 Å². The predicted octanol–water partition coefficient (Wildman–Crippen LogP) is 7.87. The summed E-state index contributed by atoms with van der Waals surface area (Å²) in [6.45, 7) is 2.25. The van der Waals surface area contributed by atoms with E-state index in [0.29, 0.717) is 22.6 Å². The second-order valence-corrected chi connectivity index (χ2v) is 8.60. The van der Waals surface area contributed by atoms with Crippen molar-refractivity contribution < 1.29 is 4.39 Å². The Hall–Kier alpha value is -2.65. The minimum atomic E-state index is -0.309. The molecule has 1 aliphatic carbocycles. The van der Waals surface area contributed by atoms with E-state index in [1.165, 1.54) is 63.5 Å². The van der Waals surface area contributed by atoms with Crippen molar-refractivity contribution in [2.24, 2.45) is 5.92 Å². The minimum absolute atomic E-state index is 0.309. The highest BCUT2D eigenvalue weighted by molar-refractivity contribution is 5.75. The summed E-state index contributed by atoms with van der Waals surface area (Å²) < 4.78 is 13.3. The van der Waals surface area contributed by atoms with Crippen molar-refractivity contribution in [3.8, 4) is 23.3 Å². The molecule has 30 heavy (non-hydrogen) atoms. The first-order valence-corrected chi connectivity index (χ1v) is 11.4. The fourth-order valence-corrected chi connectivity index (χ4v) is 4.86. The van der Waals surface area contributed by atoms with Crippen LogP contribution in [0, 0.1) is 34.4 Å². The fourth-order valence-electron chi connectivity index (χ4n) is 4.86. The maximum absolute atomic E-state index is 13.3. The second-order valence-electron chi connectivity index (χ2n) is 8.60. The molecule has 0 spiro atoms. The van der Waals surface area contributed by atoms with E-state index in [1.807, 2.05) is 12.1 Å². The van der Waals surface area contributed by atoms with E-state index < -0.39 is 0 Å². The van der Waals surface area contributed by atoms with Gasteiger partial charge in [-0.25, -0.2) is 4.39 Å². The van der Waals surface area contributed by atoms with Crippen molar-refractivity contribution in [3.05, 3.63) is 58.9 Å². The average molecular weight is 403 g/mol. The van der Waals surface area contributed by atoms with Crippen LogP contribution in [-0.2, 0) is 0 Å². The molecule has 0 N–H and O–H groups in total. The number of nitrogens with zero attached hydrogens (tertiary/aromatic N) is 2. The lowest BCUT2D eigenvalue weighted by atomic mass is 9.75. The fraction of sp³-hybridized carbons (Fsp3) is 0.481. The second kappa shape index (κ2) is 10.9. The van der Waals surface area contributed by atoms with Crippen LogP contribution in [0.15, 0.2) is 36.4 Å². The molecule has 1 saturated carbocycles. The molecule has 3 rings (SSSR count). The lowest BCUT2D eigenvalue weighted by molar-refractivity contribution is 0.301. The Morgan fingerprint density at radius 2 is 1.50 bits per heavy atom. The Kier molecular flexibility index (Phi) is 8.04. The molecule has 0 radical (unpaired) electrons. The molecule has 0 aromatic heterocycles. The summed E-state index contributed by atoms with van der Waals surface area (Å²) in [7, 11) is 0. The lowest BCUT2D eigenvalue weighted by Gasteiger charge is -2.29. The predicted molar refractivity (Wildman–Crippen MR) is 119 cm³/mol. The summed E-state index contributed by atoms with van der Waals surface area (Å²) in [5, 5.41) is 19.6. The maximum atomic E-state index is 13.3. The molecule has 0 unspecified atom stereocenters. The first-order chi connectivity index (χ1) is 14.7. The highest BCUT2D eigenvalue weighted by atomic mass is 19.1. The lowest BCUT2D eigenvalue weighted by Crippen LogP contribution is -2.15. The average Bonchev–Trinajstić information content (AvgIpc) is 2.79. The van der Waals surface area contributed by atoms with E-state index >= 15 is 0 Å². The van der Waals surface area contributed by atoms with E-state index in [9.17, 15) is 14.9 Å². The van der Waals surface area contributed by atoms with Gasteiger partial charge >= 0.3 is 0 Å². The normalized spacial score (nSPS) is 18.5. The van der Waals surface area contributed by atoms with Gasteiger partial charge < -0.3 is 0 Å². The van der Waals surface area contributed by atoms with Gasteiger partial charge in [0.15, 0.2) is 0 Å². The van der Waals surface area contributed by atoms with Gasteiger partial charge in [0.25, 0.3) is 0 Å². The van der Waals surface area contributed by atoms with E-state index in [2.05, 4.69) is 19.1 Å². The number of rotatable bonds is 8. The molecule has 1 fully saturated rings. The zero-order valence-electron chi connectivity index (χ0n) is 18.0. The van der Waals surface area contributed by atoms with Gasteiger partial charge in [-0.2, -0.15) is 10.5 Å². The van der Waals surface area contributed by atoms with E-state index in [-0.39, 0.29) is 5.82 Å². The molecular formula is C27H31FN2. The SMILES string of the molecule is CCCCCCCC1CCC(c2ccc(-c3ccc(F)cc3)c(C#N)c2C#N)CC1. The Morgan fingerprint density at radius 3 is 2.13 bits per heavy atom. The number of benzene rings is 2. The zero-order chi connectivity index (χ0) is 21.3. The molecule has 2 aromatic rings. The van der Waals surface area contributed by atoms with Crippen LogP contribution in [0.5, 0.6) is 0 Å². The molecule has 3 heteroatoms. The first-order valence-electron chi connectivity index (χ1n) is 11.4. The molecule has 0 bridgehead atoms. The summed E-state index contributed by atoms with van der Waals surface area (Å²) >= 11 is 0. The Morgan fingerprint density at radius 1 is 0.833 bits per heavy atom. The van der Waals surface area contributed by atoms with E-state index in [1.54, 1.807) is 12.1 Å². The zero-order valence-corrected chi connectivity index (χ0v) is 18.0. The summed E-state index contributed by atoms with van der Waals surface area (Å²) in [6, 6.07) is 14.6. The van der Waals surface area contributed by atoms with Crippen molar-refractivity contribution in [1.82, 2.24) is 0 Å². The molecule has 2 aromatic carbocycles. The van der Waals surface area contributed by atoms with Gasteiger partial charge in [-0.15, -0.1) is 0 Å². The Labute approximate surface area is 180 Å². The maximum Gasteiger partial charge on any atom is 0.123 e. The third-order valence-electron chi connectivity index (χ3n) is 6.62. The number of unbranched alkanes of at least 4 members (excludes halogenated alkanes) is 4. The highest BCUT2D eigenvalue weighted by Crippen LogP contribution is 2.41. The summed E-state index contributed by atoms with van der Waals surface area (Å²) in [5.74, 6) is 0.851. The van der Waals surface area contributed by atoms with Crippen LogP contribution in [0.3, 0.4) is 0 Å². The number of nitriles is 2. The van der Waals surface area contributed by atoms with Gasteiger partial charge in [0, 0.05) is 5.56 Å². The van der Waals surface area contributed by atoms with Crippen LogP contribution in [0.2, 0.25) is 0 Å². The van der Waals surface area contributed by atoms with E-state index in [0.717, 1.165) is 29.9 Å². The molecule has 156 valence electrons. The van der Waals surface area contributed by atoms with Gasteiger partial charge in [-0.05, 0) is 60.8 Å². The van der Waals surface area contributed by atoms with Crippen molar-refractivity contribution >= 4 is 0 Å². The Bertz CT molecular complexity index is 910. The third kappa shape index (κ3) is 5.28. The summed E-state index contributed by atoms with van der Waals surface area (Å²) in [5.41, 5.74) is 3.41.